The molecule has 20 heavy (non-hydrogen) atoms. The zero-order chi connectivity index (χ0) is 14.5. The zero-order valence-corrected chi connectivity index (χ0v) is 13.6. The maximum absolute atomic E-state index is 4.57. The van der Waals surface area contributed by atoms with Crippen molar-refractivity contribution in [3.63, 3.8) is 0 Å². The lowest BCUT2D eigenvalue weighted by Crippen LogP contribution is -2.33. The Hall–Kier alpha value is -1.24. The van der Waals surface area contributed by atoms with Crippen molar-refractivity contribution in [2.24, 2.45) is 0 Å². The first-order chi connectivity index (χ1) is 9.61. The van der Waals surface area contributed by atoms with E-state index in [0.717, 1.165) is 24.7 Å². The molecule has 1 unspecified atom stereocenters. The van der Waals surface area contributed by atoms with Gasteiger partial charge >= 0.3 is 0 Å². The van der Waals surface area contributed by atoms with E-state index in [2.05, 4.69) is 39.1 Å². The molecular weight excluding hydrogens is 272 g/mol. The van der Waals surface area contributed by atoms with E-state index in [0.29, 0.717) is 17.9 Å². The monoisotopic (exact) mass is 296 g/mol. The van der Waals surface area contributed by atoms with Crippen LogP contribution in [0.5, 0.6) is 0 Å². The van der Waals surface area contributed by atoms with E-state index in [9.17, 15) is 0 Å². The van der Waals surface area contributed by atoms with Crippen molar-refractivity contribution in [2.45, 2.75) is 25.8 Å². The third-order valence-electron chi connectivity index (χ3n) is 3.31. The summed E-state index contributed by atoms with van der Waals surface area (Å²) in [5.74, 6) is 4.50. The summed E-state index contributed by atoms with van der Waals surface area (Å²) in [6, 6.07) is 0.524. The minimum Gasteiger partial charge on any atom is -0.354 e. The van der Waals surface area contributed by atoms with E-state index in [4.69, 9.17) is 0 Å². The highest BCUT2D eigenvalue weighted by Crippen LogP contribution is 2.25. The lowest BCUT2D eigenvalue weighted by molar-refractivity contribution is 0.678. The number of aromatic nitrogens is 3. The smallest absolute Gasteiger partial charge is 0.231 e. The van der Waals surface area contributed by atoms with E-state index in [-0.39, 0.29) is 0 Å². The Morgan fingerprint density at radius 2 is 1.95 bits per heavy atom. The van der Waals surface area contributed by atoms with Gasteiger partial charge in [0.05, 0.1) is 0 Å². The summed E-state index contributed by atoms with van der Waals surface area (Å²) in [6.07, 6.45) is 2.25. The molecule has 7 heteroatoms. The van der Waals surface area contributed by atoms with Crippen LogP contribution in [0.15, 0.2) is 0 Å². The van der Waals surface area contributed by atoms with Gasteiger partial charge in [-0.15, -0.1) is 0 Å². The standard InChI is InChI=1S/C13H24N6S/c1-5-7-14-11-15-12(18(2)3)17-13(16-11)19(4)10-6-8-20-9-10/h10H,5-9H2,1-4H3,(H,14,15,16,17). The topological polar surface area (TPSA) is 57.2 Å². The van der Waals surface area contributed by atoms with E-state index in [1.165, 1.54) is 12.2 Å². The van der Waals surface area contributed by atoms with Gasteiger partial charge in [0.1, 0.15) is 0 Å². The predicted octanol–water partition coefficient (Wildman–Crippen LogP) is 1.70. The van der Waals surface area contributed by atoms with E-state index in [1.54, 1.807) is 0 Å². The molecule has 0 spiro atoms. The van der Waals surface area contributed by atoms with Crippen molar-refractivity contribution >= 4 is 29.6 Å². The lowest BCUT2D eigenvalue weighted by atomic mass is 10.2. The van der Waals surface area contributed by atoms with Crippen molar-refractivity contribution in [2.75, 3.05) is 54.3 Å². The Morgan fingerprint density at radius 3 is 2.55 bits per heavy atom. The number of nitrogens with zero attached hydrogens (tertiary/aromatic N) is 5. The highest BCUT2D eigenvalue weighted by Gasteiger charge is 2.23. The molecule has 1 N–H and O–H groups in total. The molecule has 2 rings (SSSR count). The molecular formula is C13H24N6S. The first kappa shape index (κ1) is 15.2. The Bertz CT molecular complexity index is 433. The second kappa shape index (κ2) is 6.97. The minimum atomic E-state index is 0.524. The number of hydrogen-bond acceptors (Lipinski definition) is 7. The number of nitrogens with one attached hydrogen (secondary N) is 1. The molecule has 112 valence electrons. The molecule has 0 aromatic carbocycles. The molecule has 1 atom stereocenters. The quantitative estimate of drug-likeness (QED) is 0.857. The third kappa shape index (κ3) is 3.65. The normalized spacial score (nSPS) is 18.1. The van der Waals surface area contributed by atoms with Crippen LogP contribution in [0.4, 0.5) is 17.8 Å². The molecule has 1 aliphatic heterocycles. The maximum Gasteiger partial charge on any atom is 0.231 e. The van der Waals surface area contributed by atoms with Gasteiger partial charge in [-0.2, -0.15) is 26.7 Å². The van der Waals surface area contributed by atoms with Gasteiger partial charge in [-0.05, 0) is 18.6 Å². The molecule has 1 aliphatic rings. The number of thioether (sulfide) groups is 1. The number of rotatable bonds is 6. The summed E-state index contributed by atoms with van der Waals surface area (Å²) in [5, 5.41) is 3.25. The summed E-state index contributed by atoms with van der Waals surface area (Å²) in [7, 11) is 5.98. The van der Waals surface area contributed by atoms with E-state index >= 15 is 0 Å². The Labute approximate surface area is 125 Å². The fourth-order valence-corrected chi connectivity index (χ4v) is 3.29. The van der Waals surface area contributed by atoms with Gasteiger partial charge in [-0.3, -0.25) is 0 Å². The molecule has 1 aromatic heterocycles. The van der Waals surface area contributed by atoms with Gasteiger partial charge in [0.15, 0.2) is 0 Å². The predicted molar refractivity (Wildman–Crippen MR) is 87.1 cm³/mol. The first-order valence-corrected chi connectivity index (χ1v) is 8.25. The van der Waals surface area contributed by atoms with E-state index < -0.39 is 0 Å². The summed E-state index contributed by atoms with van der Waals surface area (Å²) >= 11 is 1.99. The Balaban J connectivity index is 2.23. The fraction of sp³-hybridized carbons (Fsp3) is 0.769. The van der Waals surface area contributed by atoms with Crippen molar-refractivity contribution in [1.29, 1.82) is 0 Å². The van der Waals surface area contributed by atoms with Gasteiger partial charge in [-0.25, -0.2) is 0 Å². The van der Waals surface area contributed by atoms with E-state index in [1.807, 2.05) is 30.8 Å². The summed E-state index contributed by atoms with van der Waals surface area (Å²) in [6.45, 7) is 3.00. The van der Waals surface area contributed by atoms with Crippen molar-refractivity contribution < 1.29 is 0 Å². The second-order valence-electron chi connectivity index (χ2n) is 5.21. The molecule has 0 radical (unpaired) electrons. The molecule has 6 nitrogen and oxygen atoms in total. The van der Waals surface area contributed by atoms with Crippen molar-refractivity contribution in [3.8, 4) is 0 Å². The molecule has 0 aliphatic carbocycles. The van der Waals surface area contributed by atoms with Crippen molar-refractivity contribution in [1.82, 2.24) is 15.0 Å². The zero-order valence-electron chi connectivity index (χ0n) is 12.8. The van der Waals surface area contributed by atoms with Crippen LogP contribution >= 0.6 is 11.8 Å². The van der Waals surface area contributed by atoms with Crippen LogP contribution < -0.4 is 15.1 Å². The average Bonchev–Trinajstić information content (AvgIpc) is 2.98. The highest BCUT2D eigenvalue weighted by atomic mass is 32.2. The SMILES string of the molecule is CCCNc1nc(N(C)C)nc(N(C)C2CCSC2)n1. The van der Waals surface area contributed by atoms with Gasteiger partial charge < -0.3 is 15.1 Å². The first-order valence-electron chi connectivity index (χ1n) is 7.09. The molecule has 0 amide bonds. The van der Waals surface area contributed by atoms with Gasteiger partial charge in [0.2, 0.25) is 17.8 Å². The Kier molecular flexibility index (Phi) is 5.28. The van der Waals surface area contributed by atoms with Crippen LogP contribution in [0.2, 0.25) is 0 Å². The number of hydrogen-bond donors (Lipinski definition) is 1. The molecule has 1 fully saturated rings. The molecule has 1 saturated heterocycles. The van der Waals surface area contributed by atoms with Gasteiger partial charge in [0.25, 0.3) is 0 Å². The largest absolute Gasteiger partial charge is 0.354 e. The van der Waals surface area contributed by atoms with Crippen LogP contribution in [0.1, 0.15) is 19.8 Å². The minimum absolute atomic E-state index is 0.524. The average molecular weight is 296 g/mol. The van der Waals surface area contributed by atoms with Crippen LogP contribution in [0.3, 0.4) is 0 Å². The van der Waals surface area contributed by atoms with Crippen LogP contribution in [0.25, 0.3) is 0 Å². The highest BCUT2D eigenvalue weighted by molar-refractivity contribution is 7.99. The van der Waals surface area contributed by atoms with Crippen LogP contribution in [-0.2, 0) is 0 Å². The molecule has 0 bridgehead atoms. The lowest BCUT2D eigenvalue weighted by Gasteiger charge is -2.25. The summed E-state index contributed by atoms with van der Waals surface area (Å²) in [5.41, 5.74) is 0. The third-order valence-corrected chi connectivity index (χ3v) is 4.46. The number of anilines is 3. The molecule has 0 saturated carbocycles. The van der Waals surface area contributed by atoms with Crippen LogP contribution in [0, 0.1) is 0 Å². The van der Waals surface area contributed by atoms with Gasteiger partial charge in [-0.1, -0.05) is 6.92 Å². The Morgan fingerprint density at radius 1 is 1.20 bits per heavy atom. The fourth-order valence-electron chi connectivity index (χ4n) is 2.02. The molecule has 2 heterocycles. The second-order valence-corrected chi connectivity index (χ2v) is 6.36. The van der Waals surface area contributed by atoms with Gasteiger partial charge in [0, 0.05) is 39.5 Å². The van der Waals surface area contributed by atoms with Crippen molar-refractivity contribution in [3.05, 3.63) is 0 Å². The van der Waals surface area contributed by atoms with Crippen LogP contribution in [-0.4, -0.2) is 60.2 Å². The summed E-state index contributed by atoms with van der Waals surface area (Å²) in [4.78, 5) is 17.7. The molecule has 1 aromatic rings. The maximum atomic E-state index is 4.57. The summed E-state index contributed by atoms with van der Waals surface area (Å²) < 4.78 is 0.